The number of carbonyl (C=O) groups excluding carboxylic acids is 1. The van der Waals surface area contributed by atoms with Crippen LogP contribution >= 0.6 is 11.8 Å². The Bertz CT molecular complexity index is 1370. The molecule has 0 radical (unpaired) electrons. The first-order valence-electron chi connectivity index (χ1n) is 10.8. The van der Waals surface area contributed by atoms with E-state index in [1.807, 2.05) is 59.2 Å². The molecule has 0 aliphatic carbocycles. The van der Waals surface area contributed by atoms with E-state index >= 15 is 0 Å². The lowest BCUT2D eigenvalue weighted by molar-refractivity contribution is -0.384. The van der Waals surface area contributed by atoms with Crippen LogP contribution in [0.1, 0.15) is 12.5 Å². The summed E-state index contributed by atoms with van der Waals surface area (Å²) in [5.41, 5.74) is 2.72. The first kappa shape index (κ1) is 24.0. The number of ether oxygens (including phenoxy) is 1. The van der Waals surface area contributed by atoms with E-state index in [9.17, 15) is 14.9 Å². The molecule has 0 aliphatic rings. The summed E-state index contributed by atoms with van der Waals surface area (Å²) < 4.78 is 7.45. The van der Waals surface area contributed by atoms with Gasteiger partial charge in [0.25, 0.3) is 5.69 Å². The highest BCUT2D eigenvalue weighted by Crippen LogP contribution is 2.34. The van der Waals surface area contributed by atoms with Crippen LogP contribution < -0.4 is 10.1 Å². The second kappa shape index (κ2) is 10.4. The van der Waals surface area contributed by atoms with Crippen LogP contribution in [0, 0.1) is 17.0 Å². The van der Waals surface area contributed by atoms with Crippen LogP contribution in [0.5, 0.6) is 5.75 Å². The Hall–Kier alpha value is -4.18. The number of nitro benzene ring substituents is 1. The van der Waals surface area contributed by atoms with Crippen LogP contribution in [0.25, 0.3) is 17.1 Å². The van der Waals surface area contributed by atoms with Gasteiger partial charge in [-0.15, -0.1) is 10.2 Å². The number of aryl methyl sites for hydroxylation is 1. The SMILES string of the molecule is COc1ccccc1-n1c(S[C@@H](C)C(=O)Nc2ccc([N+](=O)[O-])cc2C)nnc1-c1ccccc1. The van der Waals surface area contributed by atoms with Gasteiger partial charge < -0.3 is 10.1 Å². The molecule has 1 amide bonds. The number of anilines is 1. The van der Waals surface area contributed by atoms with Crippen molar-refractivity contribution in [3.8, 4) is 22.8 Å². The molecular weight excluding hydrogens is 466 g/mol. The molecule has 0 spiro atoms. The predicted octanol–water partition coefficient (Wildman–Crippen LogP) is 5.28. The molecule has 3 aromatic carbocycles. The molecule has 0 fully saturated rings. The van der Waals surface area contributed by atoms with Crippen LogP contribution in [0.4, 0.5) is 11.4 Å². The van der Waals surface area contributed by atoms with Crippen molar-refractivity contribution in [3.63, 3.8) is 0 Å². The highest BCUT2D eigenvalue weighted by atomic mass is 32.2. The molecule has 0 saturated heterocycles. The van der Waals surface area contributed by atoms with Gasteiger partial charge in [-0.1, -0.05) is 54.2 Å². The number of aromatic nitrogens is 3. The summed E-state index contributed by atoms with van der Waals surface area (Å²) in [6, 6.07) is 21.5. The lowest BCUT2D eigenvalue weighted by atomic mass is 10.2. The highest BCUT2D eigenvalue weighted by molar-refractivity contribution is 8.00. The number of non-ortho nitro benzene ring substituents is 1. The summed E-state index contributed by atoms with van der Waals surface area (Å²) in [5, 5.41) is 22.6. The third kappa shape index (κ3) is 5.17. The van der Waals surface area contributed by atoms with E-state index in [4.69, 9.17) is 4.74 Å². The minimum Gasteiger partial charge on any atom is -0.495 e. The van der Waals surface area contributed by atoms with Crippen molar-refractivity contribution in [2.45, 2.75) is 24.3 Å². The second-order valence-electron chi connectivity index (χ2n) is 7.69. The maximum atomic E-state index is 13.0. The quantitative estimate of drug-likeness (QED) is 0.204. The van der Waals surface area contributed by atoms with E-state index in [0.29, 0.717) is 28.0 Å². The van der Waals surface area contributed by atoms with Crippen LogP contribution in [0.15, 0.2) is 78.0 Å². The van der Waals surface area contributed by atoms with Crippen molar-refractivity contribution in [1.29, 1.82) is 0 Å². The van der Waals surface area contributed by atoms with Gasteiger partial charge in [-0.05, 0) is 37.6 Å². The first-order valence-corrected chi connectivity index (χ1v) is 11.6. The van der Waals surface area contributed by atoms with E-state index < -0.39 is 10.2 Å². The van der Waals surface area contributed by atoms with Gasteiger partial charge in [0.1, 0.15) is 5.75 Å². The van der Waals surface area contributed by atoms with Crippen LogP contribution in [-0.2, 0) is 4.79 Å². The number of para-hydroxylation sites is 2. The normalized spacial score (nSPS) is 11.6. The summed E-state index contributed by atoms with van der Waals surface area (Å²) in [6.07, 6.45) is 0. The maximum Gasteiger partial charge on any atom is 0.269 e. The van der Waals surface area contributed by atoms with E-state index in [1.54, 1.807) is 21.0 Å². The zero-order valence-electron chi connectivity index (χ0n) is 19.3. The largest absolute Gasteiger partial charge is 0.495 e. The molecule has 0 aliphatic heterocycles. The molecule has 1 atom stereocenters. The van der Waals surface area contributed by atoms with Gasteiger partial charge in [0.2, 0.25) is 5.91 Å². The first-order chi connectivity index (χ1) is 16.9. The predicted molar refractivity (Wildman–Crippen MR) is 135 cm³/mol. The fourth-order valence-electron chi connectivity index (χ4n) is 3.50. The Balaban J connectivity index is 1.64. The van der Waals surface area contributed by atoms with Crippen molar-refractivity contribution >= 4 is 29.0 Å². The van der Waals surface area contributed by atoms with Gasteiger partial charge in [0.15, 0.2) is 11.0 Å². The number of thioether (sulfide) groups is 1. The Kier molecular flexibility index (Phi) is 7.11. The van der Waals surface area contributed by atoms with Crippen molar-refractivity contribution in [2.24, 2.45) is 0 Å². The van der Waals surface area contributed by atoms with Crippen molar-refractivity contribution < 1.29 is 14.5 Å². The van der Waals surface area contributed by atoms with E-state index in [-0.39, 0.29) is 11.6 Å². The molecule has 35 heavy (non-hydrogen) atoms. The third-order valence-electron chi connectivity index (χ3n) is 5.32. The molecule has 178 valence electrons. The van der Waals surface area contributed by atoms with Gasteiger partial charge in [-0.25, -0.2) is 0 Å². The summed E-state index contributed by atoms with van der Waals surface area (Å²) in [6.45, 7) is 3.48. The minimum absolute atomic E-state index is 0.0266. The molecule has 1 N–H and O–H groups in total. The van der Waals surface area contributed by atoms with Gasteiger partial charge in [0.05, 0.1) is 23.0 Å². The van der Waals surface area contributed by atoms with Gasteiger partial charge in [-0.2, -0.15) is 0 Å². The Labute approximate surface area is 206 Å². The van der Waals surface area contributed by atoms with Crippen LogP contribution in [0.3, 0.4) is 0 Å². The van der Waals surface area contributed by atoms with E-state index in [2.05, 4.69) is 15.5 Å². The number of amides is 1. The number of nitrogens with zero attached hydrogens (tertiary/aromatic N) is 4. The van der Waals surface area contributed by atoms with E-state index in [0.717, 1.165) is 11.3 Å². The van der Waals surface area contributed by atoms with Crippen molar-refractivity contribution in [1.82, 2.24) is 14.8 Å². The lowest BCUT2D eigenvalue weighted by Crippen LogP contribution is -2.23. The summed E-state index contributed by atoms with van der Waals surface area (Å²) in [5.74, 6) is 1.00. The lowest BCUT2D eigenvalue weighted by Gasteiger charge is -2.16. The Morgan fingerprint density at radius 2 is 1.80 bits per heavy atom. The second-order valence-corrected chi connectivity index (χ2v) is 8.99. The monoisotopic (exact) mass is 489 g/mol. The number of nitro groups is 1. The van der Waals surface area contributed by atoms with E-state index in [1.165, 1.54) is 30.0 Å². The average Bonchev–Trinajstić information content (AvgIpc) is 3.28. The summed E-state index contributed by atoms with van der Waals surface area (Å²) in [4.78, 5) is 23.5. The van der Waals surface area contributed by atoms with Gasteiger partial charge in [0, 0.05) is 23.4 Å². The van der Waals surface area contributed by atoms with Gasteiger partial charge in [-0.3, -0.25) is 19.5 Å². The maximum absolute atomic E-state index is 13.0. The average molecular weight is 490 g/mol. The van der Waals surface area contributed by atoms with Crippen LogP contribution in [0.2, 0.25) is 0 Å². The molecule has 4 rings (SSSR count). The molecule has 1 heterocycles. The minimum atomic E-state index is -0.536. The summed E-state index contributed by atoms with van der Waals surface area (Å²) >= 11 is 1.25. The highest BCUT2D eigenvalue weighted by Gasteiger charge is 2.24. The smallest absolute Gasteiger partial charge is 0.269 e. The number of carbonyl (C=O) groups is 1. The topological polar surface area (TPSA) is 112 Å². The summed E-state index contributed by atoms with van der Waals surface area (Å²) in [7, 11) is 1.60. The number of hydrogen-bond donors (Lipinski definition) is 1. The fraction of sp³-hybridized carbons (Fsp3) is 0.160. The molecular formula is C25H23N5O4S. The Morgan fingerprint density at radius 3 is 2.49 bits per heavy atom. The van der Waals surface area contributed by atoms with Crippen molar-refractivity contribution in [3.05, 3.63) is 88.5 Å². The standard InChI is InChI=1S/C25H23N5O4S/c1-16-15-19(30(32)33)13-14-20(16)26-24(31)17(2)35-25-28-27-23(18-9-5-4-6-10-18)29(25)21-11-7-8-12-22(21)34-3/h4-15,17H,1-3H3,(H,26,31)/t17-/m0/s1. The number of rotatable bonds is 8. The number of hydrogen-bond acceptors (Lipinski definition) is 7. The number of methoxy groups -OCH3 is 1. The molecule has 1 aromatic heterocycles. The molecule has 10 heteroatoms. The molecule has 4 aromatic rings. The van der Waals surface area contributed by atoms with Gasteiger partial charge >= 0.3 is 0 Å². The zero-order valence-corrected chi connectivity index (χ0v) is 20.2. The number of benzene rings is 3. The molecule has 9 nitrogen and oxygen atoms in total. The Morgan fingerprint density at radius 1 is 1.09 bits per heavy atom. The zero-order chi connectivity index (χ0) is 24.9. The fourth-order valence-corrected chi connectivity index (χ4v) is 4.36. The van der Waals surface area contributed by atoms with Crippen molar-refractivity contribution in [2.75, 3.05) is 12.4 Å². The van der Waals surface area contributed by atoms with Crippen LogP contribution in [-0.4, -0.2) is 38.0 Å². The molecule has 0 saturated carbocycles. The molecule has 0 unspecified atom stereocenters. The molecule has 0 bridgehead atoms. The third-order valence-corrected chi connectivity index (χ3v) is 6.36. The number of nitrogens with one attached hydrogen (secondary N) is 1.